The van der Waals surface area contributed by atoms with Crippen molar-refractivity contribution in [2.24, 2.45) is 5.92 Å². The topological polar surface area (TPSA) is 20.3 Å². The van der Waals surface area contributed by atoms with Crippen LogP contribution in [0.2, 0.25) is 0 Å². The van der Waals surface area contributed by atoms with Crippen molar-refractivity contribution in [3.63, 3.8) is 0 Å². The number of rotatable bonds is 2. The van der Waals surface area contributed by atoms with Crippen molar-refractivity contribution in [1.29, 1.82) is 0 Å². The first-order valence-corrected chi connectivity index (χ1v) is 3.41. The van der Waals surface area contributed by atoms with E-state index >= 15 is 0 Å². The maximum Gasteiger partial charge on any atom is 0.209 e. The first kappa shape index (κ1) is 7.14. The zero-order chi connectivity index (χ0) is 7.56. The van der Waals surface area contributed by atoms with E-state index in [0.29, 0.717) is 12.0 Å². The molecule has 1 rings (SSSR count). The second-order valence-corrected chi connectivity index (χ2v) is 2.76. The number of terminal acetylenes is 1. The van der Waals surface area contributed by atoms with E-state index in [1.54, 1.807) is 11.9 Å². The summed E-state index contributed by atoms with van der Waals surface area (Å²) in [6.07, 6.45) is 8.00. The average Bonchev–Trinajstić information content (AvgIpc) is 1.85. The zero-order valence-corrected chi connectivity index (χ0v) is 6.08. The van der Waals surface area contributed by atoms with Crippen molar-refractivity contribution in [3.8, 4) is 12.3 Å². The minimum absolute atomic E-state index is 0.401. The Morgan fingerprint density at radius 3 is 2.70 bits per heavy atom. The van der Waals surface area contributed by atoms with Crippen LogP contribution in [0.3, 0.4) is 0 Å². The Kier molecular flexibility index (Phi) is 1.96. The lowest BCUT2D eigenvalue weighted by molar-refractivity contribution is -0.120. The first-order chi connectivity index (χ1) is 4.77. The van der Waals surface area contributed by atoms with Gasteiger partial charge in [0.2, 0.25) is 6.41 Å². The molecule has 1 fully saturated rings. The van der Waals surface area contributed by atoms with E-state index in [1.807, 2.05) is 0 Å². The molecule has 0 atom stereocenters. The highest BCUT2D eigenvalue weighted by Crippen LogP contribution is 2.29. The predicted molar refractivity (Wildman–Crippen MR) is 39.2 cm³/mol. The lowest BCUT2D eigenvalue weighted by atomic mass is 9.80. The molecule has 54 valence electrons. The Bertz CT molecular complexity index is 165. The fourth-order valence-electron chi connectivity index (χ4n) is 1.14. The summed E-state index contributed by atoms with van der Waals surface area (Å²) in [5.74, 6) is 3.08. The molecule has 2 heteroatoms. The summed E-state index contributed by atoms with van der Waals surface area (Å²) >= 11 is 0. The van der Waals surface area contributed by atoms with Crippen LogP contribution >= 0.6 is 0 Å². The second-order valence-electron chi connectivity index (χ2n) is 2.76. The molecule has 0 aromatic carbocycles. The largest absolute Gasteiger partial charge is 0.345 e. The fourth-order valence-corrected chi connectivity index (χ4v) is 1.14. The Morgan fingerprint density at radius 2 is 2.30 bits per heavy atom. The van der Waals surface area contributed by atoms with Crippen molar-refractivity contribution in [2.45, 2.75) is 18.9 Å². The lowest BCUT2D eigenvalue weighted by Gasteiger charge is -2.36. The molecule has 0 heterocycles. The molecule has 0 aliphatic heterocycles. The summed E-state index contributed by atoms with van der Waals surface area (Å²) in [7, 11) is 1.80. The highest BCUT2D eigenvalue weighted by atomic mass is 16.1. The molecule has 0 N–H and O–H groups in total. The normalized spacial score (nSPS) is 30.0. The van der Waals surface area contributed by atoms with E-state index in [4.69, 9.17) is 6.42 Å². The summed E-state index contributed by atoms with van der Waals surface area (Å²) in [5, 5.41) is 0. The van der Waals surface area contributed by atoms with Crippen molar-refractivity contribution in [2.75, 3.05) is 7.05 Å². The van der Waals surface area contributed by atoms with Crippen LogP contribution in [0.25, 0.3) is 0 Å². The molecule has 2 nitrogen and oxygen atoms in total. The zero-order valence-electron chi connectivity index (χ0n) is 6.08. The number of hydrogen-bond acceptors (Lipinski definition) is 1. The molecule has 1 amide bonds. The quantitative estimate of drug-likeness (QED) is 0.400. The first-order valence-electron chi connectivity index (χ1n) is 3.41. The number of carbonyl (C=O) groups excluding carboxylic acids is 1. The Balaban J connectivity index is 2.27. The highest BCUT2D eigenvalue weighted by molar-refractivity contribution is 5.47. The lowest BCUT2D eigenvalue weighted by Crippen LogP contribution is -2.41. The smallest absolute Gasteiger partial charge is 0.209 e. The number of carbonyl (C=O) groups is 1. The van der Waals surface area contributed by atoms with E-state index < -0.39 is 0 Å². The third-order valence-electron chi connectivity index (χ3n) is 2.09. The highest BCUT2D eigenvalue weighted by Gasteiger charge is 2.29. The van der Waals surface area contributed by atoms with Gasteiger partial charge in [0.1, 0.15) is 0 Å². The molecule has 0 unspecified atom stereocenters. The van der Waals surface area contributed by atoms with Crippen molar-refractivity contribution in [3.05, 3.63) is 0 Å². The van der Waals surface area contributed by atoms with Crippen molar-refractivity contribution < 1.29 is 4.79 Å². The van der Waals surface area contributed by atoms with Gasteiger partial charge in [-0.05, 0) is 12.8 Å². The minimum atomic E-state index is 0.401. The van der Waals surface area contributed by atoms with Crippen LogP contribution in [0.4, 0.5) is 0 Å². The summed E-state index contributed by atoms with van der Waals surface area (Å²) in [5.41, 5.74) is 0. The van der Waals surface area contributed by atoms with Gasteiger partial charge in [-0.3, -0.25) is 4.79 Å². The second kappa shape index (κ2) is 2.74. The van der Waals surface area contributed by atoms with E-state index in [-0.39, 0.29) is 0 Å². The van der Waals surface area contributed by atoms with E-state index in [2.05, 4.69) is 5.92 Å². The van der Waals surface area contributed by atoms with Gasteiger partial charge in [-0.1, -0.05) is 0 Å². The summed E-state index contributed by atoms with van der Waals surface area (Å²) < 4.78 is 0. The molecule has 0 aromatic heterocycles. The number of hydrogen-bond donors (Lipinski definition) is 0. The molecule has 0 aromatic rings. The molecule has 0 spiro atoms. The Morgan fingerprint density at radius 1 is 1.70 bits per heavy atom. The predicted octanol–water partition coefficient (Wildman–Crippen LogP) is 0.486. The summed E-state index contributed by atoms with van der Waals surface area (Å²) in [6, 6.07) is 0.401. The Labute approximate surface area is 61.2 Å². The van der Waals surface area contributed by atoms with Gasteiger partial charge in [0.25, 0.3) is 0 Å². The van der Waals surface area contributed by atoms with Gasteiger partial charge in [0, 0.05) is 19.0 Å². The molecule has 0 saturated heterocycles. The third-order valence-corrected chi connectivity index (χ3v) is 2.09. The van der Waals surface area contributed by atoms with Gasteiger partial charge < -0.3 is 4.90 Å². The SMILES string of the molecule is C#CC1CC(N(C)C=O)C1. The van der Waals surface area contributed by atoms with E-state index in [9.17, 15) is 4.79 Å². The van der Waals surface area contributed by atoms with Gasteiger partial charge in [-0.2, -0.15) is 0 Å². The van der Waals surface area contributed by atoms with E-state index in [1.165, 1.54) is 0 Å². The molecular weight excluding hydrogens is 126 g/mol. The average molecular weight is 137 g/mol. The van der Waals surface area contributed by atoms with Crippen molar-refractivity contribution >= 4 is 6.41 Å². The monoisotopic (exact) mass is 137 g/mol. The molecular formula is C8H11NO. The van der Waals surface area contributed by atoms with Crippen LogP contribution < -0.4 is 0 Å². The van der Waals surface area contributed by atoms with Crippen LogP contribution in [-0.4, -0.2) is 24.4 Å². The maximum absolute atomic E-state index is 10.2. The van der Waals surface area contributed by atoms with Crippen LogP contribution in [0, 0.1) is 18.3 Å². The van der Waals surface area contributed by atoms with Crippen LogP contribution in [0.1, 0.15) is 12.8 Å². The minimum Gasteiger partial charge on any atom is -0.345 e. The molecule has 0 bridgehead atoms. The summed E-state index contributed by atoms with van der Waals surface area (Å²) in [4.78, 5) is 11.9. The van der Waals surface area contributed by atoms with Gasteiger partial charge in [0.05, 0.1) is 0 Å². The third kappa shape index (κ3) is 1.13. The van der Waals surface area contributed by atoms with Crippen LogP contribution in [-0.2, 0) is 4.79 Å². The fraction of sp³-hybridized carbons (Fsp3) is 0.625. The standard InChI is InChI=1S/C8H11NO/c1-3-7-4-8(5-7)9(2)6-10/h1,6-8H,4-5H2,2H3. The molecule has 0 radical (unpaired) electrons. The number of nitrogens with zero attached hydrogens (tertiary/aromatic N) is 1. The van der Waals surface area contributed by atoms with Gasteiger partial charge >= 0.3 is 0 Å². The molecule has 1 aliphatic rings. The van der Waals surface area contributed by atoms with Crippen molar-refractivity contribution in [1.82, 2.24) is 4.90 Å². The maximum atomic E-state index is 10.2. The molecule has 1 aliphatic carbocycles. The summed E-state index contributed by atoms with van der Waals surface area (Å²) in [6.45, 7) is 0. The van der Waals surface area contributed by atoms with Crippen LogP contribution in [0.5, 0.6) is 0 Å². The molecule has 1 saturated carbocycles. The van der Waals surface area contributed by atoms with Gasteiger partial charge in [-0.25, -0.2) is 0 Å². The van der Waals surface area contributed by atoms with E-state index in [0.717, 1.165) is 19.3 Å². The van der Waals surface area contributed by atoms with Crippen LogP contribution in [0.15, 0.2) is 0 Å². The number of amides is 1. The van der Waals surface area contributed by atoms with Gasteiger partial charge in [0.15, 0.2) is 0 Å². The Hall–Kier alpha value is -0.970. The van der Waals surface area contributed by atoms with Gasteiger partial charge in [-0.15, -0.1) is 12.3 Å². The molecule has 10 heavy (non-hydrogen) atoms.